The largest absolute Gasteiger partial charge is 0.398 e. The Labute approximate surface area is 119 Å². The van der Waals surface area contributed by atoms with E-state index in [9.17, 15) is 4.79 Å². The predicted molar refractivity (Wildman–Crippen MR) is 79.7 cm³/mol. The Balaban J connectivity index is 1.95. The molecule has 2 rings (SSSR count). The van der Waals surface area contributed by atoms with Crippen LogP contribution in [0.3, 0.4) is 0 Å². The molecule has 1 aliphatic heterocycles. The molecule has 6 nitrogen and oxygen atoms in total. The average Bonchev–Trinajstić information content (AvgIpc) is 2.41. The van der Waals surface area contributed by atoms with Gasteiger partial charge in [0.05, 0.1) is 18.8 Å². The highest BCUT2D eigenvalue weighted by atomic mass is 16.5. The number of hydrogen-bond donors (Lipinski definition) is 3. The van der Waals surface area contributed by atoms with Gasteiger partial charge < -0.3 is 21.5 Å². The molecule has 1 aromatic carbocycles. The first kappa shape index (κ1) is 14.6. The van der Waals surface area contributed by atoms with Crippen molar-refractivity contribution in [3.63, 3.8) is 0 Å². The van der Waals surface area contributed by atoms with Gasteiger partial charge >= 0.3 is 0 Å². The second-order valence-corrected chi connectivity index (χ2v) is 5.12. The first-order chi connectivity index (χ1) is 9.56. The summed E-state index contributed by atoms with van der Waals surface area (Å²) in [6.07, 6.45) is 0. The Kier molecular flexibility index (Phi) is 4.81. The quantitative estimate of drug-likeness (QED) is 0.682. The van der Waals surface area contributed by atoms with E-state index in [1.54, 1.807) is 12.1 Å². The first-order valence-electron chi connectivity index (χ1n) is 6.82. The molecule has 1 aliphatic rings. The first-order valence-corrected chi connectivity index (χ1v) is 6.82. The molecule has 0 aliphatic carbocycles. The van der Waals surface area contributed by atoms with Gasteiger partial charge in [-0.25, -0.2) is 0 Å². The molecule has 0 saturated carbocycles. The fourth-order valence-corrected chi connectivity index (χ4v) is 2.36. The van der Waals surface area contributed by atoms with Crippen molar-refractivity contribution < 1.29 is 9.53 Å². The molecule has 1 aromatic rings. The number of morpholine rings is 1. The van der Waals surface area contributed by atoms with Gasteiger partial charge in [0.1, 0.15) is 0 Å². The van der Waals surface area contributed by atoms with Gasteiger partial charge in [-0.2, -0.15) is 0 Å². The molecule has 0 radical (unpaired) electrons. The van der Waals surface area contributed by atoms with E-state index in [2.05, 4.69) is 17.1 Å². The highest BCUT2D eigenvalue weighted by Crippen LogP contribution is 2.18. The maximum Gasteiger partial charge on any atom is 0.250 e. The molecule has 110 valence electrons. The molecule has 5 N–H and O–H groups in total. The smallest absolute Gasteiger partial charge is 0.250 e. The third-order valence-electron chi connectivity index (χ3n) is 3.37. The minimum atomic E-state index is -0.507. The van der Waals surface area contributed by atoms with Crippen molar-refractivity contribution >= 4 is 17.3 Å². The average molecular weight is 278 g/mol. The van der Waals surface area contributed by atoms with Crippen molar-refractivity contribution in [3.8, 4) is 0 Å². The Bertz CT molecular complexity index is 472. The molecule has 1 unspecified atom stereocenters. The van der Waals surface area contributed by atoms with E-state index in [1.807, 2.05) is 6.07 Å². The van der Waals surface area contributed by atoms with E-state index < -0.39 is 5.91 Å². The summed E-state index contributed by atoms with van der Waals surface area (Å²) >= 11 is 0. The van der Waals surface area contributed by atoms with Gasteiger partial charge in [-0.15, -0.1) is 0 Å². The Morgan fingerprint density at radius 2 is 2.15 bits per heavy atom. The number of ether oxygens (including phenoxy) is 1. The molecule has 1 saturated heterocycles. The van der Waals surface area contributed by atoms with E-state index in [4.69, 9.17) is 16.2 Å². The SMILES string of the molecule is CC(CN1CCOCC1)Nc1ccc(N)c(C(N)=O)c1. The number of nitrogens with two attached hydrogens (primary N) is 2. The number of carbonyl (C=O) groups is 1. The predicted octanol–water partition coefficient (Wildman–Crippen LogP) is 0.500. The lowest BCUT2D eigenvalue weighted by atomic mass is 10.1. The van der Waals surface area contributed by atoms with E-state index in [0.717, 1.165) is 38.5 Å². The fraction of sp³-hybridized carbons (Fsp3) is 0.500. The van der Waals surface area contributed by atoms with Gasteiger partial charge in [-0.3, -0.25) is 9.69 Å². The molecule has 1 amide bonds. The number of hydrogen-bond acceptors (Lipinski definition) is 5. The molecule has 0 aromatic heterocycles. The number of carbonyl (C=O) groups excluding carboxylic acids is 1. The molecular formula is C14H22N4O2. The summed E-state index contributed by atoms with van der Waals surface area (Å²) in [5, 5.41) is 3.37. The lowest BCUT2D eigenvalue weighted by molar-refractivity contribution is 0.0368. The van der Waals surface area contributed by atoms with Crippen LogP contribution in [0.5, 0.6) is 0 Å². The number of rotatable bonds is 5. The summed E-state index contributed by atoms with van der Waals surface area (Å²) in [6.45, 7) is 6.54. The standard InChI is InChI=1S/C14H22N4O2/c1-10(9-18-4-6-20-7-5-18)17-11-2-3-13(15)12(8-11)14(16)19/h2-3,8,10,17H,4-7,9,15H2,1H3,(H2,16,19). The van der Waals surface area contributed by atoms with E-state index in [1.165, 1.54) is 0 Å². The number of amides is 1. The van der Waals surface area contributed by atoms with E-state index in [-0.39, 0.29) is 6.04 Å². The summed E-state index contributed by atoms with van der Waals surface area (Å²) in [5.41, 5.74) is 12.6. The van der Waals surface area contributed by atoms with Crippen molar-refractivity contribution in [2.24, 2.45) is 5.73 Å². The molecule has 20 heavy (non-hydrogen) atoms. The van der Waals surface area contributed by atoms with Crippen LogP contribution in [0.4, 0.5) is 11.4 Å². The number of nitrogens with one attached hydrogen (secondary N) is 1. The van der Waals surface area contributed by atoms with Crippen LogP contribution in [-0.2, 0) is 4.74 Å². The summed E-state index contributed by atoms with van der Waals surface area (Å²) in [7, 11) is 0. The molecular weight excluding hydrogens is 256 g/mol. The van der Waals surface area contributed by atoms with Gasteiger partial charge in [-0.05, 0) is 25.1 Å². The topological polar surface area (TPSA) is 93.6 Å². The molecule has 1 atom stereocenters. The van der Waals surface area contributed by atoms with Crippen molar-refractivity contribution in [1.29, 1.82) is 0 Å². The minimum Gasteiger partial charge on any atom is -0.398 e. The number of benzene rings is 1. The Hall–Kier alpha value is -1.79. The van der Waals surface area contributed by atoms with Crippen LogP contribution in [0.1, 0.15) is 17.3 Å². The number of primary amides is 1. The number of nitrogen functional groups attached to an aromatic ring is 1. The van der Waals surface area contributed by atoms with E-state index in [0.29, 0.717) is 11.3 Å². The molecule has 0 bridgehead atoms. The van der Waals surface area contributed by atoms with E-state index >= 15 is 0 Å². The van der Waals surface area contributed by atoms with Crippen LogP contribution in [0.15, 0.2) is 18.2 Å². The fourth-order valence-electron chi connectivity index (χ4n) is 2.36. The zero-order valence-corrected chi connectivity index (χ0v) is 11.8. The normalized spacial score (nSPS) is 17.6. The van der Waals surface area contributed by atoms with Crippen LogP contribution in [0, 0.1) is 0 Å². The van der Waals surface area contributed by atoms with Gasteiger partial charge in [0, 0.05) is 37.1 Å². The lowest BCUT2D eigenvalue weighted by Crippen LogP contribution is -2.42. The maximum absolute atomic E-state index is 11.3. The summed E-state index contributed by atoms with van der Waals surface area (Å²) < 4.78 is 5.33. The molecule has 1 fully saturated rings. The van der Waals surface area contributed by atoms with Crippen molar-refractivity contribution in [2.45, 2.75) is 13.0 Å². The zero-order chi connectivity index (χ0) is 14.5. The highest BCUT2D eigenvalue weighted by Gasteiger charge is 2.14. The number of anilines is 2. The highest BCUT2D eigenvalue weighted by molar-refractivity contribution is 5.98. The molecule has 6 heteroatoms. The maximum atomic E-state index is 11.3. The van der Waals surface area contributed by atoms with Crippen LogP contribution >= 0.6 is 0 Å². The lowest BCUT2D eigenvalue weighted by Gasteiger charge is -2.29. The third-order valence-corrected chi connectivity index (χ3v) is 3.37. The van der Waals surface area contributed by atoms with Gasteiger partial charge in [0.25, 0.3) is 5.91 Å². The summed E-state index contributed by atoms with van der Waals surface area (Å²) in [6, 6.07) is 5.52. The zero-order valence-electron chi connectivity index (χ0n) is 11.8. The molecule has 1 heterocycles. The van der Waals surface area contributed by atoms with Crippen molar-refractivity contribution in [3.05, 3.63) is 23.8 Å². The van der Waals surface area contributed by atoms with Crippen LogP contribution < -0.4 is 16.8 Å². The van der Waals surface area contributed by atoms with Gasteiger partial charge in [0.15, 0.2) is 0 Å². The summed E-state index contributed by atoms with van der Waals surface area (Å²) in [5.74, 6) is -0.507. The number of nitrogens with zero attached hydrogens (tertiary/aromatic N) is 1. The van der Waals surface area contributed by atoms with Crippen molar-refractivity contribution in [2.75, 3.05) is 43.9 Å². The van der Waals surface area contributed by atoms with Crippen LogP contribution in [-0.4, -0.2) is 49.7 Å². The van der Waals surface area contributed by atoms with Gasteiger partial charge in [-0.1, -0.05) is 0 Å². The van der Waals surface area contributed by atoms with Crippen LogP contribution in [0.25, 0.3) is 0 Å². The summed E-state index contributed by atoms with van der Waals surface area (Å²) in [4.78, 5) is 13.6. The second-order valence-electron chi connectivity index (χ2n) is 5.12. The molecule has 0 spiro atoms. The van der Waals surface area contributed by atoms with Crippen molar-refractivity contribution in [1.82, 2.24) is 4.90 Å². The Morgan fingerprint density at radius 1 is 1.45 bits per heavy atom. The minimum absolute atomic E-state index is 0.262. The van der Waals surface area contributed by atoms with Gasteiger partial charge in [0.2, 0.25) is 0 Å². The van der Waals surface area contributed by atoms with Crippen LogP contribution in [0.2, 0.25) is 0 Å². The Morgan fingerprint density at radius 3 is 2.80 bits per heavy atom. The second kappa shape index (κ2) is 6.58. The third kappa shape index (κ3) is 3.85. The monoisotopic (exact) mass is 278 g/mol.